The number of ketones is 1. The van der Waals surface area contributed by atoms with E-state index in [1.165, 1.54) is 0 Å². The Bertz CT molecular complexity index is 539. The second-order valence-corrected chi connectivity index (χ2v) is 4.59. The molecule has 3 heteroatoms. The molecule has 0 aliphatic rings. The predicted molar refractivity (Wildman–Crippen MR) is 73.8 cm³/mol. The molecule has 0 spiro atoms. The quantitative estimate of drug-likeness (QED) is 0.853. The van der Waals surface area contributed by atoms with Crippen molar-refractivity contribution in [1.29, 1.82) is 0 Å². The first-order valence-electron chi connectivity index (χ1n) is 5.76. The Labute approximate surface area is 111 Å². The number of hydrogen-bond donors (Lipinski definition) is 1. The maximum atomic E-state index is 12.0. The van der Waals surface area contributed by atoms with Crippen molar-refractivity contribution in [3.63, 3.8) is 0 Å². The zero-order chi connectivity index (χ0) is 13.0. The SMILES string of the molecule is NC(CC(=O)c1cccc(Cl)c1)c1ccccc1. The smallest absolute Gasteiger partial charge is 0.164 e. The summed E-state index contributed by atoms with van der Waals surface area (Å²) in [4.78, 5) is 12.0. The van der Waals surface area contributed by atoms with Gasteiger partial charge in [0.1, 0.15) is 0 Å². The first kappa shape index (κ1) is 12.8. The lowest BCUT2D eigenvalue weighted by Gasteiger charge is -2.11. The van der Waals surface area contributed by atoms with Crippen molar-refractivity contribution in [1.82, 2.24) is 0 Å². The van der Waals surface area contributed by atoms with Crippen LogP contribution in [0, 0.1) is 0 Å². The minimum atomic E-state index is -0.280. The Morgan fingerprint density at radius 2 is 1.83 bits per heavy atom. The van der Waals surface area contributed by atoms with E-state index < -0.39 is 0 Å². The molecule has 2 nitrogen and oxygen atoms in total. The minimum absolute atomic E-state index is 0.00820. The molecule has 92 valence electrons. The largest absolute Gasteiger partial charge is 0.324 e. The Morgan fingerprint density at radius 1 is 1.11 bits per heavy atom. The van der Waals surface area contributed by atoms with Crippen molar-refractivity contribution in [2.45, 2.75) is 12.5 Å². The molecule has 2 aromatic carbocycles. The number of benzene rings is 2. The number of nitrogens with two attached hydrogens (primary N) is 1. The van der Waals surface area contributed by atoms with E-state index >= 15 is 0 Å². The summed E-state index contributed by atoms with van der Waals surface area (Å²) in [7, 11) is 0. The lowest BCUT2D eigenvalue weighted by molar-refractivity contribution is 0.0974. The van der Waals surface area contributed by atoms with Crippen LogP contribution in [0.25, 0.3) is 0 Å². The highest BCUT2D eigenvalue weighted by molar-refractivity contribution is 6.31. The van der Waals surface area contributed by atoms with E-state index in [9.17, 15) is 4.79 Å². The molecule has 18 heavy (non-hydrogen) atoms. The molecule has 0 heterocycles. The highest BCUT2D eigenvalue weighted by Crippen LogP contribution is 2.18. The van der Waals surface area contributed by atoms with Gasteiger partial charge in [-0.1, -0.05) is 54.1 Å². The van der Waals surface area contributed by atoms with Crippen molar-refractivity contribution in [2.75, 3.05) is 0 Å². The summed E-state index contributed by atoms with van der Waals surface area (Å²) in [6.45, 7) is 0. The van der Waals surface area contributed by atoms with Gasteiger partial charge in [0.2, 0.25) is 0 Å². The van der Waals surface area contributed by atoms with Gasteiger partial charge in [-0.2, -0.15) is 0 Å². The van der Waals surface area contributed by atoms with E-state index in [4.69, 9.17) is 17.3 Å². The summed E-state index contributed by atoms with van der Waals surface area (Å²) < 4.78 is 0. The van der Waals surface area contributed by atoms with Gasteiger partial charge in [-0.15, -0.1) is 0 Å². The van der Waals surface area contributed by atoms with E-state index in [2.05, 4.69) is 0 Å². The molecule has 0 aliphatic carbocycles. The Morgan fingerprint density at radius 3 is 2.50 bits per heavy atom. The summed E-state index contributed by atoms with van der Waals surface area (Å²) in [5.74, 6) is 0.00820. The molecule has 2 aromatic rings. The van der Waals surface area contributed by atoms with Crippen LogP contribution in [0.15, 0.2) is 54.6 Å². The first-order valence-corrected chi connectivity index (χ1v) is 6.14. The average molecular weight is 260 g/mol. The second-order valence-electron chi connectivity index (χ2n) is 4.15. The van der Waals surface area contributed by atoms with Gasteiger partial charge in [-0.05, 0) is 17.7 Å². The first-order chi connectivity index (χ1) is 8.66. The number of carbonyl (C=O) groups is 1. The summed E-state index contributed by atoms with van der Waals surface area (Å²) in [5, 5.41) is 0.564. The molecule has 1 unspecified atom stereocenters. The number of hydrogen-bond acceptors (Lipinski definition) is 2. The van der Waals surface area contributed by atoms with E-state index in [1.54, 1.807) is 24.3 Å². The lowest BCUT2D eigenvalue weighted by Crippen LogP contribution is -2.15. The van der Waals surface area contributed by atoms with Crippen molar-refractivity contribution in [2.24, 2.45) is 5.73 Å². The molecule has 0 saturated heterocycles. The minimum Gasteiger partial charge on any atom is -0.324 e. The number of carbonyl (C=O) groups excluding carboxylic acids is 1. The monoisotopic (exact) mass is 259 g/mol. The Kier molecular flexibility index (Phi) is 4.13. The van der Waals surface area contributed by atoms with Crippen LogP contribution >= 0.6 is 11.6 Å². The molecule has 0 amide bonds. The predicted octanol–water partition coefficient (Wildman–Crippen LogP) is 3.61. The van der Waals surface area contributed by atoms with Crippen molar-refractivity contribution < 1.29 is 4.79 Å². The van der Waals surface area contributed by atoms with Crippen LogP contribution in [0.4, 0.5) is 0 Å². The standard InChI is InChI=1S/C15H14ClNO/c16-13-8-4-7-12(9-13)15(18)10-14(17)11-5-2-1-3-6-11/h1-9,14H,10,17H2. The molecule has 2 N–H and O–H groups in total. The van der Waals surface area contributed by atoms with Gasteiger partial charge < -0.3 is 5.73 Å². The molecule has 2 rings (SSSR count). The Hall–Kier alpha value is -1.64. The van der Waals surface area contributed by atoms with Gasteiger partial charge in [0.25, 0.3) is 0 Å². The lowest BCUT2D eigenvalue weighted by atomic mass is 9.99. The van der Waals surface area contributed by atoms with Gasteiger partial charge in [0.15, 0.2) is 5.78 Å². The number of rotatable bonds is 4. The fraction of sp³-hybridized carbons (Fsp3) is 0.133. The van der Waals surface area contributed by atoms with Gasteiger partial charge in [-0.25, -0.2) is 0 Å². The summed E-state index contributed by atoms with van der Waals surface area (Å²) in [5.41, 5.74) is 7.59. The normalized spacial score (nSPS) is 12.1. The van der Waals surface area contributed by atoms with Crippen LogP contribution in [0.1, 0.15) is 28.4 Å². The van der Waals surface area contributed by atoms with Crippen molar-refractivity contribution in [3.8, 4) is 0 Å². The van der Waals surface area contributed by atoms with Gasteiger partial charge in [-0.3, -0.25) is 4.79 Å². The van der Waals surface area contributed by atoms with Crippen LogP contribution in [-0.4, -0.2) is 5.78 Å². The topological polar surface area (TPSA) is 43.1 Å². The van der Waals surface area contributed by atoms with Crippen molar-refractivity contribution >= 4 is 17.4 Å². The molecule has 1 atom stereocenters. The summed E-state index contributed by atoms with van der Waals surface area (Å²) >= 11 is 5.86. The van der Waals surface area contributed by atoms with Crippen LogP contribution in [0.5, 0.6) is 0 Å². The highest BCUT2D eigenvalue weighted by Gasteiger charge is 2.13. The fourth-order valence-electron chi connectivity index (χ4n) is 1.80. The third-order valence-corrected chi connectivity index (χ3v) is 3.01. The summed E-state index contributed by atoms with van der Waals surface area (Å²) in [6, 6.07) is 16.3. The van der Waals surface area contributed by atoms with E-state index in [0.717, 1.165) is 5.56 Å². The molecule has 0 bridgehead atoms. The molecule has 0 aliphatic heterocycles. The molecular weight excluding hydrogens is 246 g/mol. The Balaban J connectivity index is 2.08. The van der Waals surface area contributed by atoms with E-state index in [0.29, 0.717) is 10.6 Å². The van der Waals surface area contributed by atoms with Crippen LogP contribution in [-0.2, 0) is 0 Å². The maximum absolute atomic E-state index is 12.0. The van der Waals surface area contributed by atoms with Crippen molar-refractivity contribution in [3.05, 3.63) is 70.7 Å². The van der Waals surface area contributed by atoms with Gasteiger partial charge >= 0.3 is 0 Å². The zero-order valence-corrected chi connectivity index (χ0v) is 10.6. The summed E-state index contributed by atoms with van der Waals surface area (Å²) in [6.07, 6.45) is 0.282. The number of Topliss-reactive ketones (excluding diaryl/α,β-unsaturated/α-hetero) is 1. The zero-order valence-electron chi connectivity index (χ0n) is 9.84. The maximum Gasteiger partial charge on any atom is 0.164 e. The third-order valence-electron chi connectivity index (χ3n) is 2.78. The van der Waals surface area contributed by atoms with Crippen LogP contribution in [0.2, 0.25) is 5.02 Å². The van der Waals surface area contributed by atoms with E-state index in [1.807, 2.05) is 30.3 Å². The van der Waals surface area contributed by atoms with Gasteiger partial charge in [0.05, 0.1) is 0 Å². The third kappa shape index (κ3) is 3.19. The van der Waals surface area contributed by atoms with Crippen LogP contribution < -0.4 is 5.73 Å². The second kappa shape index (κ2) is 5.80. The van der Waals surface area contributed by atoms with Gasteiger partial charge in [0, 0.05) is 23.0 Å². The molecule has 0 fully saturated rings. The molecular formula is C15H14ClNO. The number of halogens is 1. The average Bonchev–Trinajstić information content (AvgIpc) is 2.39. The molecule has 0 aromatic heterocycles. The van der Waals surface area contributed by atoms with E-state index in [-0.39, 0.29) is 18.2 Å². The molecule has 0 radical (unpaired) electrons. The fourth-order valence-corrected chi connectivity index (χ4v) is 1.99. The van der Waals surface area contributed by atoms with Crippen LogP contribution in [0.3, 0.4) is 0 Å². The highest BCUT2D eigenvalue weighted by atomic mass is 35.5. The molecule has 0 saturated carbocycles.